The molecule has 0 fully saturated rings. The number of hydrogen-bond donors (Lipinski definition) is 2. The van der Waals surface area contributed by atoms with Crippen molar-refractivity contribution in [1.82, 2.24) is 0 Å². The zero-order valence-corrected chi connectivity index (χ0v) is 12.9. The molecule has 6 heteroatoms. The highest BCUT2D eigenvalue weighted by Gasteiger charge is 2.08. The van der Waals surface area contributed by atoms with Crippen molar-refractivity contribution in [2.24, 2.45) is 5.73 Å². The van der Waals surface area contributed by atoms with E-state index in [-0.39, 0.29) is 4.99 Å². The number of ether oxygens (including phenoxy) is 1. The van der Waals surface area contributed by atoms with Crippen molar-refractivity contribution in [1.29, 1.82) is 0 Å². The Bertz CT molecular complexity index is 662. The van der Waals surface area contributed by atoms with Gasteiger partial charge >= 0.3 is 0 Å². The summed E-state index contributed by atoms with van der Waals surface area (Å²) >= 11 is 17.1. The van der Waals surface area contributed by atoms with E-state index < -0.39 is 0 Å². The lowest BCUT2D eigenvalue weighted by Crippen LogP contribution is -2.11. The van der Waals surface area contributed by atoms with Gasteiger partial charge in [-0.2, -0.15) is 0 Å². The van der Waals surface area contributed by atoms with Crippen molar-refractivity contribution in [3.05, 3.63) is 52.0 Å². The average Bonchev–Trinajstić information content (AvgIpc) is 2.41. The lowest BCUT2D eigenvalue weighted by atomic mass is 10.1. The molecule has 2 aromatic rings. The van der Waals surface area contributed by atoms with Crippen molar-refractivity contribution in [3.63, 3.8) is 0 Å². The van der Waals surface area contributed by atoms with Gasteiger partial charge in [0, 0.05) is 22.0 Å². The molecule has 0 spiro atoms. The van der Waals surface area contributed by atoms with Crippen LogP contribution in [0.2, 0.25) is 10.0 Å². The Balaban J connectivity index is 2.35. The van der Waals surface area contributed by atoms with Crippen LogP contribution in [0.5, 0.6) is 5.75 Å². The molecule has 2 rings (SSSR count). The summed E-state index contributed by atoms with van der Waals surface area (Å²) < 4.78 is 5.11. The first-order valence-corrected chi connectivity index (χ1v) is 6.87. The molecule has 0 radical (unpaired) electrons. The van der Waals surface area contributed by atoms with E-state index in [2.05, 4.69) is 5.32 Å². The lowest BCUT2D eigenvalue weighted by Gasteiger charge is -2.13. The van der Waals surface area contributed by atoms with Gasteiger partial charge < -0.3 is 15.8 Å². The smallest absolute Gasteiger partial charge is 0.137 e. The largest absolute Gasteiger partial charge is 0.495 e. The Hall–Kier alpha value is -1.49. The summed E-state index contributed by atoms with van der Waals surface area (Å²) in [4.78, 5) is 0.273. The summed E-state index contributed by atoms with van der Waals surface area (Å²) in [7, 11) is 1.57. The summed E-state index contributed by atoms with van der Waals surface area (Å²) in [6.45, 7) is 0. The van der Waals surface area contributed by atoms with Gasteiger partial charge in [-0.3, -0.25) is 0 Å². The molecule has 20 heavy (non-hydrogen) atoms. The molecular weight excluding hydrogens is 315 g/mol. The molecule has 0 heterocycles. The van der Waals surface area contributed by atoms with E-state index in [0.29, 0.717) is 21.4 Å². The van der Waals surface area contributed by atoms with Crippen molar-refractivity contribution in [2.75, 3.05) is 12.4 Å². The van der Waals surface area contributed by atoms with Gasteiger partial charge in [0.05, 0.1) is 12.1 Å². The van der Waals surface area contributed by atoms with Crippen LogP contribution in [-0.4, -0.2) is 12.1 Å². The van der Waals surface area contributed by atoms with E-state index in [1.165, 1.54) is 0 Å². The second kappa shape index (κ2) is 6.31. The molecule has 0 bridgehead atoms. The van der Waals surface area contributed by atoms with Gasteiger partial charge in [-0.25, -0.2) is 0 Å². The third-order valence-corrected chi connectivity index (χ3v) is 3.43. The second-order valence-electron chi connectivity index (χ2n) is 4.03. The fourth-order valence-corrected chi connectivity index (χ4v) is 2.33. The molecule has 0 atom stereocenters. The Kier molecular flexibility index (Phi) is 4.70. The summed E-state index contributed by atoms with van der Waals surface area (Å²) in [6.07, 6.45) is 0. The first-order valence-electron chi connectivity index (χ1n) is 5.71. The van der Waals surface area contributed by atoms with Crippen molar-refractivity contribution < 1.29 is 4.74 Å². The molecule has 0 saturated carbocycles. The van der Waals surface area contributed by atoms with E-state index in [9.17, 15) is 0 Å². The second-order valence-corrected chi connectivity index (χ2v) is 5.31. The number of nitrogens with one attached hydrogen (secondary N) is 1. The predicted octanol–water partition coefficient (Wildman–Crippen LogP) is 4.38. The predicted molar refractivity (Wildman–Crippen MR) is 88.6 cm³/mol. The maximum Gasteiger partial charge on any atom is 0.137 e. The van der Waals surface area contributed by atoms with Gasteiger partial charge in [-0.15, -0.1) is 0 Å². The third kappa shape index (κ3) is 3.33. The first-order chi connectivity index (χ1) is 9.51. The number of rotatable bonds is 4. The summed E-state index contributed by atoms with van der Waals surface area (Å²) in [5.41, 5.74) is 7.95. The van der Waals surface area contributed by atoms with E-state index in [0.717, 1.165) is 11.4 Å². The van der Waals surface area contributed by atoms with Gasteiger partial charge in [0.2, 0.25) is 0 Å². The van der Waals surface area contributed by atoms with Gasteiger partial charge in [0.15, 0.2) is 0 Å². The molecule has 2 aromatic carbocycles. The van der Waals surface area contributed by atoms with Crippen LogP contribution in [0.15, 0.2) is 36.4 Å². The molecule has 0 saturated heterocycles. The van der Waals surface area contributed by atoms with E-state index in [4.69, 9.17) is 45.9 Å². The number of nitrogens with two attached hydrogens (primary N) is 1. The maximum atomic E-state index is 6.09. The van der Waals surface area contributed by atoms with Crippen molar-refractivity contribution >= 4 is 51.8 Å². The Morgan fingerprint density at radius 1 is 1.20 bits per heavy atom. The van der Waals surface area contributed by atoms with Gasteiger partial charge in [-0.1, -0.05) is 35.4 Å². The highest BCUT2D eigenvalue weighted by Crippen LogP contribution is 2.30. The van der Waals surface area contributed by atoms with Crippen LogP contribution in [-0.2, 0) is 0 Å². The maximum absolute atomic E-state index is 6.09. The highest BCUT2D eigenvalue weighted by atomic mass is 35.5. The Morgan fingerprint density at radius 3 is 2.55 bits per heavy atom. The van der Waals surface area contributed by atoms with E-state index in [1.54, 1.807) is 31.4 Å². The third-order valence-electron chi connectivity index (χ3n) is 2.68. The normalized spacial score (nSPS) is 10.2. The molecule has 0 aliphatic heterocycles. The summed E-state index contributed by atoms with van der Waals surface area (Å²) in [6, 6.07) is 10.7. The molecule has 104 valence electrons. The highest BCUT2D eigenvalue weighted by molar-refractivity contribution is 7.80. The molecule has 3 N–H and O–H groups in total. The SMILES string of the molecule is COc1ccc(Nc2ccc(Cl)cc2C(N)=S)cc1Cl. The van der Waals surface area contributed by atoms with Crippen LogP contribution in [0.25, 0.3) is 0 Å². The fraction of sp³-hybridized carbons (Fsp3) is 0.0714. The molecular formula is C14H12Cl2N2OS. The average molecular weight is 327 g/mol. The van der Waals surface area contributed by atoms with E-state index >= 15 is 0 Å². The fourth-order valence-electron chi connectivity index (χ4n) is 1.73. The molecule has 0 aromatic heterocycles. The number of methoxy groups -OCH3 is 1. The zero-order chi connectivity index (χ0) is 14.7. The minimum atomic E-state index is 0.273. The Morgan fingerprint density at radius 2 is 1.95 bits per heavy atom. The van der Waals surface area contributed by atoms with E-state index in [1.807, 2.05) is 12.1 Å². The molecule has 0 amide bonds. The van der Waals surface area contributed by atoms with Gasteiger partial charge in [0.1, 0.15) is 10.7 Å². The molecule has 0 aliphatic rings. The van der Waals surface area contributed by atoms with Crippen molar-refractivity contribution in [3.8, 4) is 5.75 Å². The topological polar surface area (TPSA) is 47.3 Å². The number of thiocarbonyl (C=S) groups is 1. The molecule has 0 aliphatic carbocycles. The van der Waals surface area contributed by atoms with Crippen LogP contribution in [0, 0.1) is 0 Å². The quantitative estimate of drug-likeness (QED) is 0.818. The van der Waals surface area contributed by atoms with Crippen LogP contribution in [0.4, 0.5) is 11.4 Å². The summed E-state index contributed by atoms with van der Waals surface area (Å²) in [5.74, 6) is 0.614. The summed E-state index contributed by atoms with van der Waals surface area (Å²) in [5, 5.41) is 4.30. The van der Waals surface area contributed by atoms with Crippen molar-refractivity contribution in [2.45, 2.75) is 0 Å². The van der Waals surface area contributed by atoms with Crippen LogP contribution in [0.3, 0.4) is 0 Å². The van der Waals surface area contributed by atoms with Gasteiger partial charge in [-0.05, 0) is 36.4 Å². The van der Waals surface area contributed by atoms with Crippen LogP contribution in [0.1, 0.15) is 5.56 Å². The minimum absolute atomic E-state index is 0.273. The minimum Gasteiger partial charge on any atom is -0.495 e. The zero-order valence-electron chi connectivity index (χ0n) is 10.6. The lowest BCUT2D eigenvalue weighted by molar-refractivity contribution is 0.415. The van der Waals surface area contributed by atoms with Gasteiger partial charge in [0.25, 0.3) is 0 Å². The molecule has 3 nitrogen and oxygen atoms in total. The van der Waals surface area contributed by atoms with Crippen LogP contribution >= 0.6 is 35.4 Å². The standard InChI is InChI=1S/C14H12Cl2N2OS/c1-19-13-5-3-9(7-11(13)16)18-12-4-2-8(15)6-10(12)14(17)20/h2-7,18H,1H3,(H2,17,20). The number of hydrogen-bond acceptors (Lipinski definition) is 3. The number of benzene rings is 2. The monoisotopic (exact) mass is 326 g/mol. The number of anilines is 2. The first kappa shape index (κ1) is 14.9. The van der Waals surface area contributed by atoms with Crippen LogP contribution < -0.4 is 15.8 Å². The number of halogens is 2. The molecule has 0 unspecified atom stereocenters. The Labute approximate surface area is 132 Å².